The minimum atomic E-state index is -2.62. The summed E-state index contributed by atoms with van der Waals surface area (Å²) in [5.74, 6) is -2.62. The largest absolute Gasteiger partial charge is 0.270 e. The van der Waals surface area contributed by atoms with Crippen LogP contribution < -0.4 is 0 Å². The molecule has 62 valence electrons. The zero-order chi connectivity index (χ0) is 8.20. The average molecular weight is 280 g/mol. The van der Waals surface area contributed by atoms with Gasteiger partial charge < -0.3 is 0 Å². The Morgan fingerprint density at radius 2 is 1.90 bits per heavy atom. The lowest BCUT2D eigenvalue weighted by atomic mass is 10.2. The molecule has 0 radical (unpaired) electrons. The molecule has 0 nitrogen and oxygen atoms in total. The fraction of sp³-hybridized carbons (Fsp3) is 1.00. The zero-order valence-electron chi connectivity index (χ0n) is 5.71. The summed E-state index contributed by atoms with van der Waals surface area (Å²) in [4.78, 5) is 0. The molecule has 10 heavy (non-hydrogen) atoms. The number of alkyl halides is 4. The standard InChI is InChI=1S/C6H10Br2F2/c1-2-3-4-6(9,10)5(7)8/h5H,2-4H2,1H3. The predicted octanol–water partition coefficient (Wildman–Crippen LogP) is 3.93. The van der Waals surface area contributed by atoms with Crippen LogP contribution in [0.15, 0.2) is 0 Å². The van der Waals surface area contributed by atoms with E-state index in [2.05, 4.69) is 31.9 Å². The summed E-state index contributed by atoms with van der Waals surface area (Å²) in [7, 11) is 0. The molecule has 0 spiro atoms. The van der Waals surface area contributed by atoms with Crippen molar-refractivity contribution < 1.29 is 8.78 Å². The predicted molar refractivity (Wildman–Crippen MR) is 46.1 cm³/mol. The fourth-order valence-electron chi connectivity index (χ4n) is 0.522. The first-order valence-corrected chi connectivity index (χ1v) is 5.00. The van der Waals surface area contributed by atoms with Crippen molar-refractivity contribution >= 4 is 31.9 Å². The Hall–Kier alpha value is 0.820. The molecule has 0 N–H and O–H groups in total. The lowest BCUT2D eigenvalue weighted by Crippen LogP contribution is -2.23. The van der Waals surface area contributed by atoms with E-state index in [9.17, 15) is 8.78 Å². The first-order valence-electron chi connectivity index (χ1n) is 3.16. The van der Waals surface area contributed by atoms with Gasteiger partial charge in [-0.3, -0.25) is 0 Å². The quantitative estimate of drug-likeness (QED) is 0.684. The van der Waals surface area contributed by atoms with Crippen molar-refractivity contribution in [3.63, 3.8) is 0 Å². The highest BCUT2D eigenvalue weighted by Gasteiger charge is 2.34. The lowest BCUT2D eigenvalue weighted by Gasteiger charge is -2.16. The van der Waals surface area contributed by atoms with Crippen molar-refractivity contribution in [3.8, 4) is 0 Å². The SMILES string of the molecule is CCCCC(F)(F)C(Br)Br. The summed E-state index contributed by atoms with van der Waals surface area (Å²) < 4.78 is 24.4. The van der Waals surface area contributed by atoms with E-state index < -0.39 is 9.66 Å². The first kappa shape index (κ1) is 10.8. The van der Waals surface area contributed by atoms with Gasteiger partial charge in [-0.1, -0.05) is 45.2 Å². The van der Waals surface area contributed by atoms with Gasteiger partial charge in [0.15, 0.2) is 0 Å². The molecule has 0 bridgehead atoms. The Kier molecular flexibility index (Phi) is 5.03. The molecular weight excluding hydrogens is 270 g/mol. The molecule has 0 atom stereocenters. The van der Waals surface area contributed by atoms with E-state index in [4.69, 9.17) is 0 Å². The van der Waals surface area contributed by atoms with Gasteiger partial charge >= 0.3 is 0 Å². The summed E-state index contributed by atoms with van der Waals surface area (Å²) in [6.07, 6.45) is 1.33. The van der Waals surface area contributed by atoms with E-state index in [1.54, 1.807) is 0 Å². The number of halogens is 4. The number of hydrogen-bond donors (Lipinski definition) is 0. The van der Waals surface area contributed by atoms with Crippen LogP contribution in [0.25, 0.3) is 0 Å². The van der Waals surface area contributed by atoms with Crippen LogP contribution in [0.3, 0.4) is 0 Å². The van der Waals surface area contributed by atoms with Gasteiger partial charge in [-0.2, -0.15) is 0 Å². The highest BCUT2D eigenvalue weighted by atomic mass is 79.9. The van der Waals surface area contributed by atoms with Crippen LogP contribution in [0.2, 0.25) is 0 Å². The van der Waals surface area contributed by atoms with Crippen LogP contribution >= 0.6 is 31.9 Å². The van der Waals surface area contributed by atoms with Gasteiger partial charge in [0, 0.05) is 6.42 Å². The van der Waals surface area contributed by atoms with Gasteiger partial charge in [0.25, 0.3) is 5.92 Å². The molecule has 0 aromatic carbocycles. The smallest absolute Gasteiger partial charge is 0.205 e. The summed E-state index contributed by atoms with van der Waals surface area (Å²) in [6.45, 7) is 1.90. The zero-order valence-corrected chi connectivity index (χ0v) is 8.88. The number of rotatable bonds is 4. The third kappa shape index (κ3) is 3.86. The van der Waals surface area contributed by atoms with Gasteiger partial charge in [0.05, 0.1) is 0 Å². The molecule has 0 aliphatic heterocycles. The topological polar surface area (TPSA) is 0 Å². The molecule has 0 aromatic heterocycles. The Morgan fingerprint density at radius 3 is 2.20 bits per heavy atom. The van der Waals surface area contributed by atoms with Crippen LogP contribution in [0.4, 0.5) is 8.78 Å². The van der Waals surface area contributed by atoms with Crippen molar-refractivity contribution in [1.29, 1.82) is 0 Å². The molecule has 0 fully saturated rings. The molecule has 0 unspecified atom stereocenters. The fourth-order valence-corrected chi connectivity index (χ4v) is 0.979. The van der Waals surface area contributed by atoms with Gasteiger partial charge in [0.1, 0.15) is 3.74 Å². The van der Waals surface area contributed by atoms with Crippen molar-refractivity contribution in [3.05, 3.63) is 0 Å². The van der Waals surface area contributed by atoms with Crippen molar-refractivity contribution in [2.75, 3.05) is 0 Å². The van der Waals surface area contributed by atoms with E-state index in [1.165, 1.54) is 0 Å². The number of unbranched alkanes of at least 4 members (excludes halogenated alkanes) is 1. The molecule has 0 rings (SSSR count). The van der Waals surface area contributed by atoms with E-state index in [0.29, 0.717) is 6.42 Å². The van der Waals surface area contributed by atoms with Crippen molar-refractivity contribution in [1.82, 2.24) is 0 Å². The average Bonchev–Trinajstić information content (AvgIpc) is 1.84. The maximum Gasteiger partial charge on any atom is 0.270 e. The Morgan fingerprint density at radius 1 is 1.40 bits per heavy atom. The van der Waals surface area contributed by atoms with E-state index in [1.807, 2.05) is 6.92 Å². The van der Waals surface area contributed by atoms with Gasteiger partial charge in [0.2, 0.25) is 0 Å². The normalized spacial score (nSPS) is 12.6. The third-order valence-electron chi connectivity index (χ3n) is 1.18. The van der Waals surface area contributed by atoms with Crippen LogP contribution in [-0.2, 0) is 0 Å². The van der Waals surface area contributed by atoms with Crippen LogP contribution in [0, 0.1) is 0 Å². The molecule has 0 aliphatic carbocycles. The second kappa shape index (κ2) is 4.65. The Labute approximate surface area is 76.6 Å². The molecule has 0 saturated carbocycles. The summed E-state index contributed by atoms with van der Waals surface area (Å²) in [5, 5.41) is 0. The Balaban J connectivity index is 3.63. The monoisotopic (exact) mass is 278 g/mol. The molecule has 0 amide bonds. The summed E-state index contributed by atoms with van der Waals surface area (Å²) >= 11 is 5.59. The molecule has 0 heterocycles. The summed E-state index contributed by atoms with van der Waals surface area (Å²) in [5.41, 5.74) is 0. The molecular formula is C6H10Br2F2. The van der Waals surface area contributed by atoms with E-state index in [-0.39, 0.29) is 6.42 Å². The first-order chi connectivity index (χ1) is 4.50. The maximum atomic E-state index is 12.6. The molecule has 0 saturated heterocycles. The molecule has 4 heteroatoms. The second-order valence-electron chi connectivity index (χ2n) is 2.17. The number of hydrogen-bond acceptors (Lipinski definition) is 0. The van der Waals surface area contributed by atoms with Crippen LogP contribution in [0.1, 0.15) is 26.2 Å². The lowest BCUT2D eigenvalue weighted by molar-refractivity contribution is 0.0109. The molecule has 0 aromatic rings. The third-order valence-corrected chi connectivity index (χ3v) is 2.52. The minimum Gasteiger partial charge on any atom is -0.205 e. The summed E-state index contributed by atoms with van der Waals surface area (Å²) in [6, 6.07) is 0. The van der Waals surface area contributed by atoms with E-state index >= 15 is 0 Å². The van der Waals surface area contributed by atoms with Crippen LogP contribution in [0.5, 0.6) is 0 Å². The minimum absolute atomic E-state index is 0.0509. The van der Waals surface area contributed by atoms with Crippen molar-refractivity contribution in [2.24, 2.45) is 0 Å². The van der Waals surface area contributed by atoms with Crippen molar-refractivity contribution in [2.45, 2.75) is 35.8 Å². The second-order valence-corrected chi connectivity index (χ2v) is 5.23. The highest BCUT2D eigenvalue weighted by molar-refractivity contribution is 9.24. The molecule has 0 aliphatic rings. The van der Waals surface area contributed by atoms with E-state index in [0.717, 1.165) is 6.42 Å². The van der Waals surface area contributed by atoms with Crippen LogP contribution in [-0.4, -0.2) is 9.66 Å². The van der Waals surface area contributed by atoms with Gasteiger partial charge in [-0.25, -0.2) is 8.78 Å². The maximum absolute atomic E-state index is 12.6. The highest BCUT2D eigenvalue weighted by Crippen LogP contribution is 2.33. The van der Waals surface area contributed by atoms with Gasteiger partial charge in [-0.05, 0) is 6.42 Å². The van der Waals surface area contributed by atoms with Gasteiger partial charge in [-0.15, -0.1) is 0 Å². The Bertz CT molecular complexity index is 93.7.